The lowest BCUT2D eigenvalue weighted by Gasteiger charge is -2.32. The molecule has 4 nitrogen and oxygen atoms in total. The third-order valence-corrected chi connectivity index (χ3v) is 2.85. The average molecular weight is 268 g/mol. The lowest BCUT2D eigenvalue weighted by Crippen LogP contribution is -2.42. The molecule has 1 fully saturated rings. The van der Waals surface area contributed by atoms with Crippen LogP contribution in [0.1, 0.15) is 25.7 Å². The first kappa shape index (κ1) is 15.2. The smallest absolute Gasteiger partial charge is 0.378 e. The van der Waals surface area contributed by atoms with Gasteiger partial charge in [0.1, 0.15) is 6.42 Å². The molecule has 0 radical (unpaired) electrons. The summed E-state index contributed by atoms with van der Waals surface area (Å²) in [5.74, 6) is -0.845. The zero-order chi connectivity index (χ0) is 13.6. The van der Waals surface area contributed by atoms with Gasteiger partial charge >= 0.3 is 6.18 Å². The highest BCUT2D eigenvalue weighted by molar-refractivity contribution is 5.76. The quantitative estimate of drug-likeness (QED) is 0.765. The minimum absolute atomic E-state index is 0.0338. The van der Waals surface area contributed by atoms with Crippen LogP contribution in [-0.4, -0.2) is 49.3 Å². The van der Waals surface area contributed by atoms with Gasteiger partial charge in [-0.15, -0.1) is 0 Å². The van der Waals surface area contributed by atoms with Gasteiger partial charge in [-0.3, -0.25) is 4.79 Å². The predicted octanol–water partition coefficient (Wildman–Crippen LogP) is 1.30. The summed E-state index contributed by atoms with van der Waals surface area (Å²) in [5.41, 5.74) is 5.33. The third-order valence-electron chi connectivity index (χ3n) is 2.85. The Bertz CT molecular complexity index is 264. The average Bonchev–Trinajstić information content (AvgIpc) is 2.28. The molecular weight excluding hydrogens is 249 g/mol. The number of nitrogens with two attached hydrogens (primary N) is 1. The summed E-state index contributed by atoms with van der Waals surface area (Å²) in [5, 5.41) is 0. The molecule has 1 aliphatic heterocycles. The Hall–Kier alpha value is -0.820. The Kier molecular flexibility index (Phi) is 5.87. The Morgan fingerprint density at radius 3 is 2.44 bits per heavy atom. The van der Waals surface area contributed by atoms with Gasteiger partial charge in [0, 0.05) is 19.7 Å². The molecule has 0 aromatic carbocycles. The number of hydrogen-bond donors (Lipinski definition) is 1. The Balaban J connectivity index is 2.24. The van der Waals surface area contributed by atoms with Crippen molar-refractivity contribution in [2.45, 2.75) is 38.0 Å². The van der Waals surface area contributed by atoms with E-state index in [1.165, 1.54) is 4.90 Å². The van der Waals surface area contributed by atoms with Crippen molar-refractivity contribution in [2.24, 2.45) is 5.73 Å². The van der Waals surface area contributed by atoms with Crippen LogP contribution in [0.4, 0.5) is 13.2 Å². The number of ether oxygens (including phenoxy) is 1. The van der Waals surface area contributed by atoms with Crippen LogP contribution in [0.3, 0.4) is 0 Å². The van der Waals surface area contributed by atoms with Gasteiger partial charge in [0.15, 0.2) is 0 Å². The maximum absolute atomic E-state index is 12.1. The maximum Gasteiger partial charge on any atom is 0.397 e. The van der Waals surface area contributed by atoms with Crippen LogP contribution in [0.5, 0.6) is 0 Å². The molecule has 18 heavy (non-hydrogen) atoms. The monoisotopic (exact) mass is 268 g/mol. The Morgan fingerprint density at radius 2 is 1.94 bits per heavy atom. The van der Waals surface area contributed by atoms with E-state index in [0.29, 0.717) is 39.1 Å². The van der Waals surface area contributed by atoms with Crippen molar-refractivity contribution in [1.29, 1.82) is 0 Å². The van der Waals surface area contributed by atoms with Crippen LogP contribution >= 0.6 is 0 Å². The highest BCUT2D eigenvalue weighted by atomic mass is 19.4. The number of hydrogen-bond acceptors (Lipinski definition) is 3. The zero-order valence-electron chi connectivity index (χ0n) is 10.2. The SMILES string of the molecule is NCCCOC1CCN(C(=O)CC(F)(F)F)CC1. The Morgan fingerprint density at radius 1 is 1.33 bits per heavy atom. The fraction of sp³-hybridized carbons (Fsp3) is 0.909. The number of carbonyl (C=O) groups is 1. The van der Waals surface area contributed by atoms with Gasteiger partial charge in [-0.05, 0) is 25.8 Å². The fourth-order valence-electron chi connectivity index (χ4n) is 1.89. The van der Waals surface area contributed by atoms with Crippen LogP contribution < -0.4 is 5.73 Å². The number of piperidine rings is 1. The van der Waals surface area contributed by atoms with Gasteiger partial charge in [0.25, 0.3) is 0 Å². The molecule has 1 rings (SSSR count). The van der Waals surface area contributed by atoms with Crippen molar-refractivity contribution in [2.75, 3.05) is 26.2 Å². The molecule has 0 saturated carbocycles. The highest BCUT2D eigenvalue weighted by Crippen LogP contribution is 2.22. The van der Waals surface area contributed by atoms with Gasteiger partial charge < -0.3 is 15.4 Å². The van der Waals surface area contributed by atoms with Crippen LogP contribution in [0.15, 0.2) is 0 Å². The second-order valence-electron chi connectivity index (χ2n) is 4.39. The molecular formula is C11H19F3N2O2. The van der Waals surface area contributed by atoms with Gasteiger partial charge in [0.2, 0.25) is 5.91 Å². The molecule has 0 spiro atoms. The van der Waals surface area contributed by atoms with E-state index in [1.54, 1.807) is 0 Å². The number of alkyl halides is 3. The first-order valence-electron chi connectivity index (χ1n) is 6.08. The fourth-order valence-corrected chi connectivity index (χ4v) is 1.89. The van der Waals surface area contributed by atoms with Crippen LogP contribution in [0, 0.1) is 0 Å². The van der Waals surface area contributed by atoms with E-state index in [4.69, 9.17) is 10.5 Å². The molecule has 7 heteroatoms. The first-order valence-corrected chi connectivity index (χ1v) is 6.08. The van der Waals surface area contributed by atoms with E-state index in [0.717, 1.165) is 6.42 Å². The van der Waals surface area contributed by atoms with E-state index in [-0.39, 0.29) is 6.10 Å². The van der Waals surface area contributed by atoms with Crippen LogP contribution in [-0.2, 0) is 9.53 Å². The van der Waals surface area contributed by atoms with E-state index in [9.17, 15) is 18.0 Å². The number of amides is 1. The summed E-state index contributed by atoms with van der Waals surface area (Å²) in [6.45, 7) is 1.80. The molecule has 0 aromatic heterocycles. The van der Waals surface area contributed by atoms with E-state index >= 15 is 0 Å². The topological polar surface area (TPSA) is 55.6 Å². The summed E-state index contributed by atoms with van der Waals surface area (Å²) < 4.78 is 41.7. The third kappa shape index (κ3) is 5.68. The number of halogens is 3. The van der Waals surface area contributed by atoms with E-state index in [2.05, 4.69) is 0 Å². The molecule has 1 aliphatic rings. The molecule has 0 aliphatic carbocycles. The normalized spacial score (nSPS) is 18.1. The number of rotatable bonds is 5. The second kappa shape index (κ2) is 6.94. The standard InChI is InChI=1S/C11H19F3N2O2/c12-11(13,14)8-10(17)16-5-2-9(3-6-16)18-7-1-4-15/h9H,1-8,15H2. The molecule has 1 saturated heterocycles. The molecule has 0 atom stereocenters. The summed E-state index contributed by atoms with van der Waals surface area (Å²) >= 11 is 0. The molecule has 0 aromatic rings. The van der Waals surface area contributed by atoms with E-state index < -0.39 is 18.5 Å². The van der Waals surface area contributed by atoms with Crippen molar-refractivity contribution in [3.8, 4) is 0 Å². The van der Waals surface area contributed by atoms with Gasteiger partial charge in [-0.1, -0.05) is 0 Å². The Labute approximate surface area is 104 Å². The minimum atomic E-state index is -4.43. The largest absolute Gasteiger partial charge is 0.397 e. The minimum Gasteiger partial charge on any atom is -0.378 e. The van der Waals surface area contributed by atoms with Crippen molar-refractivity contribution < 1.29 is 22.7 Å². The molecule has 0 bridgehead atoms. The molecule has 106 valence electrons. The number of carbonyl (C=O) groups excluding carboxylic acids is 1. The molecule has 0 unspecified atom stereocenters. The summed E-state index contributed by atoms with van der Waals surface area (Å²) in [7, 11) is 0. The van der Waals surface area contributed by atoms with Gasteiger partial charge in [-0.2, -0.15) is 13.2 Å². The zero-order valence-corrected chi connectivity index (χ0v) is 10.2. The van der Waals surface area contributed by atoms with Crippen molar-refractivity contribution in [3.63, 3.8) is 0 Å². The number of nitrogens with zero attached hydrogens (tertiary/aromatic N) is 1. The molecule has 2 N–H and O–H groups in total. The number of likely N-dealkylation sites (tertiary alicyclic amines) is 1. The van der Waals surface area contributed by atoms with Gasteiger partial charge in [-0.25, -0.2) is 0 Å². The molecule has 1 amide bonds. The van der Waals surface area contributed by atoms with Crippen molar-refractivity contribution in [1.82, 2.24) is 4.90 Å². The summed E-state index contributed by atoms with van der Waals surface area (Å²) in [6, 6.07) is 0. The van der Waals surface area contributed by atoms with Crippen molar-refractivity contribution in [3.05, 3.63) is 0 Å². The predicted molar refractivity (Wildman–Crippen MR) is 59.9 cm³/mol. The lowest BCUT2D eigenvalue weighted by atomic mass is 10.1. The second-order valence-corrected chi connectivity index (χ2v) is 4.39. The highest BCUT2D eigenvalue weighted by Gasteiger charge is 2.34. The van der Waals surface area contributed by atoms with Crippen LogP contribution in [0.2, 0.25) is 0 Å². The van der Waals surface area contributed by atoms with Crippen molar-refractivity contribution >= 4 is 5.91 Å². The molecule has 1 heterocycles. The van der Waals surface area contributed by atoms with Crippen LogP contribution in [0.25, 0.3) is 0 Å². The van der Waals surface area contributed by atoms with Gasteiger partial charge in [0.05, 0.1) is 6.10 Å². The summed E-state index contributed by atoms with van der Waals surface area (Å²) in [4.78, 5) is 12.6. The first-order chi connectivity index (χ1) is 8.42. The maximum atomic E-state index is 12.1. The summed E-state index contributed by atoms with van der Waals surface area (Å²) in [6.07, 6.45) is -3.81. The van der Waals surface area contributed by atoms with E-state index in [1.807, 2.05) is 0 Å². The lowest BCUT2D eigenvalue weighted by molar-refractivity contribution is -0.163.